The molecule has 3 rings (SSSR count). The van der Waals surface area contributed by atoms with Gasteiger partial charge in [0.1, 0.15) is 5.37 Å². The van der Waals surface area contributed by atoms with E-state index in [1.165, 1.54) is 5.56 Å². The number of anilines is 2. The van der Waals surface area contributed by atoms with E-state index in [0.29, 0.717) is 5.75 Å². The number of hydrogen-bond donors (Lipinski definition) is 1. The second-order valence-corrected chi connectivity index (χ2v) is 8.85. The third-order valence-corrected chi connectivity index (χ3v) is 5.81. The molecule has 1 heterocycles. The van der Waals surface area contributed by atoms with Gasteiger partial charge in [0.25, 0.3) is 0 Å². The highest BCUT2D eigenvalue weighted by molar-refractivity contribution is 8.00. The van der Waals surface area contributed by atoms with Gasteiger partial charge >= 0.3 is 0 Å². The normalized spacial score (nSPS) is 17.3. The molecule has 27 heavy (non-hydrogen) atoms. The van der Waals surface area contributed by atoms with E-state index in [9.17, 15) is 9.59 Å². The summed E-state index contributed by atoms with van der Waals surface area (Å²) < 4.78 is 0. The van der Waals surface area contributed by atoms with E-state index in [0.717, 1.165) is 23.4 Å². The third-order valence-electron chi connectivity index (χ3n) is 4.60. The average molecular weight is 383 g/mol. The summed E-state index contributed by atoms with van der Waals surface area (Å²) in [6.07, 6.45) is 0.940. The predicted molar refractivity (Wildman–Crippen MR) is 113 cm³/mol. The lowest BCUT2D eigenvalue weighted by Crippen LogP contribution is -2.28. The van der Waals surface area contributed by atoms with Crippen LogP contribution in [0.25, 0.3) is 0 Å². The van der Waals surface area contributed by atoms with E-state index < -0.39 is 5.41 Å². The molecule has 5 heteroatoms. The molecule has 1 aliphatic rings. The zero-order valence-corrected chi connectivity index (χ0v) is 17.1. The van der Waals surface area contributed by atoms with Crippen molar-refractivity contribution in [1.29, 1.82) is 0 Å². The van der Waals surface area contributed by atoms with Gasteiger partial charge in [-0.3, -0.25) is 14.5 Å². The quantitative estimate of drug-likeness (QED) is 0.808. The van der Waals surface area contributed by atoms with Crippen LogP contribution in [-0.4, -0.2) is 17.6 Å². The van der Waals surface area contributed by atoms with Crippen LogP contribution in [-0.2, 0) is 16.0 Å². The highest BCUT2D eigenvalue weighted by Crippen LogP contribution is 2.42. The molecule has 2 amide bonds. The highest BCUT2D eigenvalue weighted by atomic mass is 32.2. The van der Waals surface area contributed by atoms with E-state index in [4.69, 9.17) is 0 Å². The summed E-state index contributed by atoms with van der Waals surface area (Å²) in [5.41, 5.74) is 3.55. The van der Waals surface area contributed by atoms with Crippen LogP contribution in [0.1, 0.15) is 44.2 Å². The molecule has 0 saturated carbocycles. The summed E-state index contributed by atoms with van der Waals surface area (Å²) in [4.78, 5) is 26.6. The van der Waals surface area contributed by atoms with Gasteiger partial charge in [0.15, 0.2) is 0 Å². The third kappa shape index (κ3) is 4.35. The van der Waals surface area contributed by atoms with Crippen LogP contribution in [0.4, 0.5) is 11.4 Å². The number of rotatable bonds is 4. The molecule has 1 fully saturated rings. The Bertz CT molecular complexity index is 840. The summed E-state index contributed by atoms with van der Waals surface area (Å²) in [6, 6.07) is 16.0. The maximum absolute atomic E-state index is 12.5. The molecule has 1 atom stereocenters. The molecular formula is C22H26N2O2S. The largest absolute Gasteiger partial charge is 0.326 e. The predicted octanol–water partition coefficient (Wildman–Crippen LogP) is 5.01. The fourth-order valence-electron chi connectivity index (χ4n) is 2.93. The molecular weight excluding hydrogens is 356 g/mol. The van der Waals surface area contributed by atoms with Gasteiger partial charge in [-0.2, -0.15) is 0 Å². The van der Waals surface area contributed by atoms with Crippen LogP contribution in [0.15, 0.2) is 48.5 Å². The maximum atomic E-state index is 12.5. The number of benzene rings is 2. The fraction of sp³-hybridized carbons (Fsp3) is 0.364. The molecule has 1 N–H and O–H groups in total. The van der Waals surface area contributed by atoms with Crippen LogP contribution >= 0.6 is 11.8 Å². The Morgan fingerprint density at radius 2 is 1.89 bits per heavy atom. The number of thioether (sulfide) groups is 1. The molecule has 0 spiro atoms. The van der Waals surface area contributed by atoms with Crippen molar-refractivity contribution >= 4 is 35.0 Å². The van der Waals surface area contributed by atoms with E-state index in [1.54, 1.807) is 11.8 Å². The molecule has 1 saturated heterocycles. The van der Waals surface area contributed by atoms with Crippen LogP contribution in [0.2, 0.25) is 0 Å². The summed E-state index contributed by atoms with van der Waals surface area (Å²) in [5.74, 6) is 0.589. The first kappa shape index (κ1) is 19.5. The van der Waals surface area contributed by atoms with Gasteiger partial charge in [-0.05, 0) is 41.8 Å². The zero-order chi connectivity index (χ0) is 19.6. The minimum atomic E-state index is -0.437. The second-order valence-electron chi connectivity index (χ2n) is 7.78. The summed E-state index contributed by atoms with van der Waals surface area (Å²) in [6.45, 7) is 7.78. The lowest BCUT2D eigenvalue weighted by Gasteiger charge is -2.25. The summed E-state index contributed by atoms with van der Waals surface area (Å²) in [7, 11) is 0. The molecule has 1 aliphatic heterocycles. The first-order chi connectivity index (χ1) is 12.8. The van der Waals surface area contributed by atoms with Crippen molar-refractivity contribution in [2.75, 3.05) is 16.0 Å². The molecule has 4 nitrogen and oxygen atoms in total. The Kier molecular flexibility index (Phi) is 5.61. The van der Waals surface area contributed by atoms with Gasteiger partial charge in [0, 0.05) is 16.8 Å². The van der Waals surface area contributed by atoms with Gasteiger partial charge in [-0.1, -0.05) is 52.0 Å². The smallest absolute Gasteiger partial charge is 0.238 e. The molecule has 1 unspecified atom stereocenters. The molecule has 2 aromatic carbocycles. The van der Waals surface area contributed by atoms with Gasteiger partial charge in [0.05, 0.1) is 5.75 Å². The number of amides is 2. The molecule has 0 bridgehead atoms. The zero-order valence-electron chi connectivity index (χ0n) is 16.3. The number of hydrogen-bond acceptors (Lipinski definition) is 3. The summed E-state index contributed by atoms with van der Waals surface area (Å²) >= 11 is 1.63. The number of carbonyl (C=O) groups is 2. The standard InChI is InChI=1S/C22H26N2O2S/c1-5-15-7-6-8-18(13-15)24-19(25)14-27-20(24)16-9-11-17(12-10-16)23-21(26)22(2,3)4/h6-13,20H,5,14H2,1-4H3,(H,23,26). The van der Waals surface area contributed by atoms with Crippen molar-refractivity contribution < 1.29 is 9.59 Å². The molecule has 142 valence electrons. The Morgan fingerprint density at radius 1 is 1.19 bits per heavy atom. The molecule has 0 radical (unpaired) electrons. The van der Waals surface area contributed by atoms with Crippen molar-refractivity contribution in [3.8, 4) is 0 Å². The Labute approximate surface area is 165 Å². The van der Waals surface area contributed by atoms with Crippen molar-refractivity contribution in [3.05, 3.63) is 59.7 Å². The Hall–Kier alpha value is -2.27. The Balaban J connectivity index is 1.82. The van der Waals surface area contributed by atoms with Gasteiger partial charge < -0.3 is 5.32 Å². The minimum absolute atomic E-state index is 0.0151. The van der Waals surface area contributed by atoms with Crippen molar-refractivity contribution in [3.63, 3.8) is 0 Å². The fourth-order valence-corrected chi connectivity index (χ4v) is 4.10. The number of nitrogens with one attached hydrogen (secondary N) is 1. The average Bonchev–Trinajstić information content (AvgIpc) is 3.03. The molecule has 0 aliphatic carbocycles. The molecule has 2 aromatic rings. The Morgan fingerprint density at radius 3 is 2.52 bits per heavy atom. The van der Waals surface area contributed by atoms with Crippen molar-refractivity contribution in [2.45, 2.75) is 39.5 Å². The van der Waals surface area contributed by atoms with Gasteiger partial charge in [0.2, 0.25) is 11.8 Å². The lowest BCUT2D eigenvalue weighted by atomic mass is 9.95. The SMILES string of the molecule is CCc1cccc(N2C(=O)CSC2c2ccc(NC(=O)C(C)(C)C)cc2)c1. The highest BCUT2D eigenvalue weighted by Gasteiger charge is 2.34. The number of aryl methyl sites for hydroxylation is 1. The number of carbonyl (C=O) groups excluding carboxylic acids is 2. The maximum Gasteiger partial charge on any atom is 0.238 e. The number of nitrogens with zero attached hydrogens (tertiary/aromatic N) is 1. The van der Waals surface area contributed by atoms with Crippen LogP contribution in [0.3, 0.4) is 0 Å². The lowest BCUT2D eigenvalue weighted by molar-refractivity contribution is -0.123. The van der Waals surface area contributed by atoms with Crippen LogP contribution in [0, 0.1) is 5.41 Å². The second kappa shape index (κ2) is 7.77. The van der Waals surface area contributed by atoms with E-state index in [1.807, 2.05) is 62.1 Å². The molecule has 0 aromatic heterocycles. The van der Waals surface area contributed by atoms with E-state index >= 15 is 0 Å². The van der Waals surface area contributed by atoms with Gasteiger partial charge in [-0.25, -0.2) is 0 Å². The van der Waals surface area contributed by atoms with Crippen LogP contribution in [0.5, 0.6) is 0 Å². The van der Waals surface area contributed by atoms with Gasteiger partial charge in [-0.15, -0.1) is 11.8 Å². The first-order valence-electron chi connectivity index (χ1n) is 9.23. The van der Waals surface area contributed by atoms with Crippen molar-refractivity contribution in [1.82, 2.24) is 0 Å². The van der Waals surface area contributed by atoms with Crippen molar-refractivity contribution in [2.24, 2.45) is 5.41 Å². The first-order valence-corrected chi connectivity index (χ1v) is 10.3. The summed E-state index contributed by atoms with van der Waals surface area (Å²) in [5, 5.41) is 2.90. The monoisotopic (exact) mass is 382 g/mol. The van der Waals surface area contributed by atoms with E-state index in [-0.39, 0.29) is 17.2 Å². The minimum Gasteiger partial charge on any atom is -0.326 e. The van der Waals surface area contributed by atoms with E-state index in [2.05, 4.69) is 24.4 Å². The topological polar surface area (TPSA) is 49.4 Å². The van der Waals surface area contributed by atoms with Crippen LogP contribution < -0.4 is 10.2 Å².